The highest BCUT2D eigenvalue weighted by atomic mass is 16.6. The second-order valence-corrected chi connectivity index (χ2v) is 4.63. The third kappa shape index (κ3) is 3.96. The van der Waals surface area contributed by atoms with Crippen LogP contribution in [0.4, 0.5) is 4.79 Å². The zero-order valence-corrected chi connectivity index (χ0v) is 9.30. The summed E-state index contributed by atoms with van der Waals surface area (Å²) >= 11 is 0. The summed E-state index contributed by atoms with van der Waals surface area (Å²) in [6.45, 7) is 9.43. The molecule has 1 N–H and O–H groups in total. The first kappa shape index (κ1) is 11.3. The van der Waals surface area contributed by atoms with Crippen LogP contribution in [0.15, 0.2) is 0 Å². The van der Waals surface area contributed by atoms with Crippen molar-refractivity contribution in [3.63, 3.8) is 0 Å². The van der Waals surface area contributed by atoms with Gasteiger partial charge in [0.1, 0.15) is 6.61 Å². The van der Waals surface area contributed by atoms with Crippen LogP contribution in [0.3, 0.4) is 0 Å². The van der Waals surface area contributed by atoms with Crippen LogP contribution in [-0.4, -0.2) is 42.8 Å². The maximum Gasteiger partial charge on any atom is 0.409 e. The number of carbonyl (C=O) groups is 1. The number of rotatable bonds is 4. The molecule has 1 rings (SSSR count). The first-order valence-electron chi connectivity index (χ1n) is 5.16. The molecule has 4 heteroatoms. The second kappa shape index (κ2) is 4.64. The van der Waals surface area contributed by atoms with Gasteiger partial charge in [0.2, 0.25) is 0 Å². The molecule has 0 spiro atoms. The van der Waals surface area contributed by atoms with Crippen molar-refractivity contribution in [1.29, 1.82) is 0 Å². The normalized spacial score (nSPS) is 17.4. The molecule has 0 saturated carbocycles. The third-order valence-electron chi connectivity index (χ3n) is 2.11. The zero-order valence-electron chi connectivity index (χ0n) is 9.30. The Bertz CT molecular complexity index is 199. The van der Waals surface area contributed by atoms with Gasteiger partial charge in [0.15, 0.2) is 0 Å². The van der Waals surface area contributed by atoms with E-state index in [-0.39, 0.29) is 11.6 Å². The van der Waals surface area contributed by atoms with E-state index in [1.807, 2.05) is 0 Å². The lowest BCUT2D eigenvalue weighted by Gasteiger charge is -2.21. The molecule has 0 aromatic heterocycles. The number of amides is 1. The third-order valence-corrected chi connectivity index (χ3v) is 2.11. The Kier molecular flexibility index (Phi) is 3.75. The van der Waals surface area contributed by atoms with Crippen molar-refractivity contribution in [3.8, 4) is 0 Å². The Morgan fingerprint density at radius 2 is 2.21 bits per heavy atom. The van der Waals surface area contributed by atoms with Crippen molar-refractivity contribution in [2.45, 2.75) is 32.7 Å². The van der Waals surface area contributed by atoms with Crippen molar-refractivity contribution in [3.05, 3.63) is 0 Å². The van der Waals surface area contributed by atoms with Gasteiger partial charge in [-0.25, -0.2) is 4.79 Å². The van der Waals surface area contributed by atoms with Gasteiger partial charge in [-0.1, -0.05) is 0 Å². The fourth-order valence-electron chi connectivity index (χ4n) is 1.36. The van der Waals surface area contributed by atoms with Crippen molar-refractivity contribution in [2.75, 3.05) is 26.2 Å². The van der Waals surface area contributed by atoms with Crippen molar-refractivity contribution < 1.29 is 9.53 Å². The molecule has 1 saturated heterocycles. The van der Waals surface area contributed by atoms with Crippen molar-refractivity contribution in [2.24, 2.45) is 0 Å². The van der Waals surface area contributed by atoms with Gasteiger partial charge < -0.3 is 15.0 Å². The lowest BCUT2D eigenvalue weighted by Crippen LogP contribution is -2.38. The summed E-state index contributed by atoms with van der Waals surface area (Å²) in [6, 6.07) is 0. The molecule has 0 aromatic rings. The monoisotopic (exact) mass is 200 g/mol. The average molecular weight is 200 g/mol. The molecule has 1 amide bonds. The summed E-state index contributed by atoms with van der Waals surface area (Å²) in [7, 11) is 0. The summed E-state index contributed by atoms with van der Waals surface area (Å²) in [5.41, 5.74) is 0.158. The highest BCUT2D eigenvalue weighted by Crippen LogP contribution is 2.04. The van der Waals surface area contributed by atoms with E-state index in [1.165, 1.54) is 0 Å². The topological polar surface area (TPSA) is 41.6 Å². The van der Waals surface area contributed by atoms with Crippen molar-refractivity contribution >= 4 is 6.09 Å². The molecule has 1 aliphatic rings. The molecule has 82 valence electrons. The molecule has 0 radical (unpaired) electrons. The molecule has 0 unspecified atom stereocenters. The van der Waals surface area contributed by atoms with E-state index in [2.05, 4.69) is 26.1 Å². The lowest BCUT2D eigenvalue weighted by molar-refractivity contribution is 0.158. The summed E-state index contributed by atoms with van der Waals surface area (Å²) in [6.07, 6.45) is 0.813. The molecule has 1 fully saturated rings. The predicted molar refractivity (Wildman–Crippen MR) is 55.3 cm³/mol. The van der Waals surface area contributed by atoms with Crippen LogP contribution >= 0.6 is 0 Å². The van der Waals surface area contributed by atoms with Gasteiger partial charge >= 0.3 is 6.09 Å². The standard InChI is InChI=1S/C10H20N2O2/c1-10(2,3)11-5-4-6-12-7-8-14-9(12)13/h11H,4-8H2,1-3H3. The smallest absolute Gasteiger partial charge is 0.409 e. The van der Waals surface area contributed by atoms with Gasteiger partial charge in [0.25, 0.3) is 0 Å². The van der Waals surface area contributed by atoms with E-state index in [4.69, 9.17) is 4.74 Å². The summed E-state index contributed by atoms with van der Waals surface area (Å²) in [5.74, 6) is 0. The molecule has 1 heterocycles. The van der Waals surface area contributed by atoms with E-state index in [0.717, 1.165) is 26.1 Å². The Balaban J connectivity index is 2.07. The van der Waals surface area contributed by atoms with Crippen LogP contribution in [0.2, 0.25) is 0 Å². The highest BCUT2D eigenvalue weighted by Gasteiger charge is 2.20. The molecular weight excluding hydrogens is 180 g/mol. The molecule has 0 atom stereocenters. The molecule has 14 heavy (non-hydrogen) atoms. The lowest BCUT2D eigenvalue weighted by atomic mass is 10.1. The van der Waals surface area contributed by atoms with Crippen LogP contribution in [0.25, 0.3) is 0 Å². The number of hydrogen-bond donors (Lipinski definition) is 1. The summed E-state index contributed by atoms with van der Waals surface area (Å²) < 4.78 is 4.83. The van der Waals surface area contributed by atoms with E-state index >= 15 is 0 Å². The minimum atomic E-state index is -0.166. The number of cyclic esters (lactones) is 1. The van der Waals surface area contributed by atoms with Crippen LogP contribution < -0.4 is 5.32 Å². The maximum absolute atomic E-state index is 11.0. The molecule has 4 nitrogen and oxygen atoms in total. The number of hydrogen-bond acceptors (Lipinski definition) is 3. The fourth-order valence-corrected chi connectivity index (χ4v) is 1.36. The maximum atomic E-state index is 11.0. The molecule has 0 aliphatic carbocycles. The van der Waals surface area contributed by atoms with E-state index in [1.54, 1.807) is 4.90 Å². The quantitative estimate of drug-likeness (QED) is 0.694. The van der Waals surface area contributed by atoms with Gasteiger partial charge in [0.05, 0.1) is 6.54 Å². The molecule has 0 aromatic carbocycles. The van der Waals surface area contributed by atoms with E-state index in [9.17, 15) is 4.79 Å². The first-order chi connectivity index (χ1) is 6.49. The average Bonchev–Trinajstić information content (AvgIpc) is 2.44. The van der Waals surface area contributed by atoms with E-state index in [0.29, 0.717) is 6.61 Å². The van der Waals surface area contributed by atoms with Crippen LogP contribution in [0.1, 0.15) is 27.2 Å². The number of nitrogens with one attached hydrogen (secondary N) is 1. The van der Waals surface area contributed by atoms with Gasteiger partial charge in [0, 0.05) is 12.1 Å². The Labute approximate surface area is 85.6 Å². The summed E-state index contributed by atoms with van der Waals surface area (Å²) in [5, 5.41) is 3.38. The zero-order chi connectivity index (χ0) is 10.6. The van der Waals surface area contributed by atoms with Crippen LogP contribution in [-0.2, 0) is 4.74 Å². The Morgan fingerprint density at radius 3 is 2.71 bits per heavy atom. The summed E-state index contributed by atoms with van der Waals surface area (Å²) in [4.78, 5) is 12.8. The van der Waals surface area contributed by atoms with E-state index < -0.39 is 0 Å². The minimum absolute atomic E-state index is 0.158. The van der Waals surface area contributed by atoms with Gasteiger partial charge in [-0.3, -0.25) is 0 Å². The minimum Gasteiger partial charge on any atom is -0.448 e. The SMILES string of the molecule is CC(C)(C)NCCCN1CCOC1=O. The van der Waals surface area contributed by atoms with Crippen molar-refractivity contribution in [1.82, 2.24) is 10.2 Å². The second-order valence-electron chi connectivity index (χ2n) is 4.63. The van der Waals surface area contributed by atoms with Crippen LogP contribution in [0, 0.1) is 0 Å². The molecule has 1 aliphatic heterocycles. The number of ether oxygens (including phenoxy) is 1. The van der Waals surface area contributed by atoms with Crippen LogP contribution in [0.5, 0.6) is 0 Å². The van der Waals surface area contributed by atoms with Gasteiger partial charge in [-0.05, 0) is 33.7 Å². The Morgan fingerprint density at radius 1 is 1.50 bits per heavy atom. The number of nitrogens with zero attached hydrogens (tertiary/aromatic N) is 1. The highest BCUT2D eigenvalue weighted by molar-refractivity contribution is 5.69. The number of carbonyl (C=O) groups excluding carboxylic acids is 1. The fraction of sp³-hybridized carbons (Fsp3) is 0.900. The van der Waals surface area contributed by atoms with Gasteiger partial charge in [-0.2, -0.15) is 0 Å². The largest absolute Gasteiger partial charge is 0.448 e. The molecular formula is C10H20N2O2. The Hall–Kier alpha value is -0.770. The predicted octanol–water partition coefficient (Wildman–Crippen LogP) is 1.22. The first-order valence-corrected chi connectivity index (χ1v) is 5.16. The van der Waals surface area contributed by atoms with Gasteiger partial charge in [-0.15, -0.1) is 0 Å². The molecule has 0 bridgehead atoms.